The minimum atomic E-state index is -0.543. The number of rotatable bonds is 2. The van der Waals surface area contributed by atoms with E-state index in [1.807, 2.05) is 0 Å². The topological polar surface area (TPSA) is 37.3 Å². The molecule has 0 radical (unpaired) electrons. The highest BCUT2D eigenvalue weighted by atomic mass is 79.9. The molecule has 0 unspecified atom stereocenters. The molecular weight excluding hydrogens is 251 g/mol. The zero-order valence-corrected chi connectivity index (χ0v) is 9.43. The van der Waals surface area contributed by atoms with Gasteiger partial charge in [0.15, 0.2) is 5.78 Å². The average Bonchev–Trinajstić information content (AvgIpc) is 2.09. The van der Waals surface area contributed by atoms with Gasteiger partial charge in [0.05, 0.1) is 10.0 Å². The summed E-state index contributed by atoms with van der Waals surface area (Å²) in [5.74, 6) is -1.29. The van der Waals surface area contributed by atoms with Crippen LogP contribution < -0.4 is 0 Å². The van der Waals surface area contributed by atoms with E-state index in [9.17, 15) is 14.3 Å². The van der Waals surface area contributed by atoms with Gasteiger partial charge in [-0.1, -0.05) is 13.8 Å². The molecule has 0 aliphatic carbocycles. The molecule has 1 aromatic rings. The van der Waals surface area contributed by atoms with Crippen LogP contribution in [0, 0.1) is 11.7 Å². The Balaban J connectivity index is 3.27. The van der Waals surface area contributed by atoms with E-state index in [0.29, 0.717) is 0 Å². The van der Waals surface area contributed by atoms with Crippen LogP contribution in [0.1, 0.15) is 24.2 Å². The fourth-order valence-electron chi connectivity index (χ4n) is 1.06. The molecule has 0 aromatic heterocycles. The van der Waals surface area contributed by atoms with Gasteiger partial charge in [-0.15, -0.1) is 0 Å². The van der Waals surface area contributed by atoms with Gasteiger partial charge < -0.3 is 5.11 Å². The molecule has 0 atom stereocenters. The summed E-state index contributed by atoms with van der Waals surface area (Å²) in [5.41, 5.74) is 0.0203. The van der Waals surface area contributed by atoms with Crippen LogP contribution in [0.5, 0.6) is 5.75 Å². The van der Waals surface area contributed by atoms with Crippen LogP contribution in [-0.2, 0) is 0 Å². The molecule has 14 heavy (non-hydrogen) atoms. The van der Waals surface area contributed by atoms with Gasteiger partial charge in [-0.2, -0.15) is 0 Å². The van der Waals surface area contributed by atoms with Crippen molar-refractivity contribution in [3.05, 3.63) is 28.0 Å². The molecule has 0 amide bonds. The summed E-state index contributed by atoms with van der Waals surface area (Å²) in [7, 11) is 0. The van der Waals surface area contributed by atoms with E-state index < -0.39 is 5.82 Å². The van der Waals surface area contributed by atoms with Crippen molar-refractivity contribution in [2.24, 2.45) is 5.92 Å². The van der Waals surface area contributed by atoms with E-state index in [0.717, 1.165) is 12.1 Å². The summed E-state index contributed by atoms with van der Waals surface area (Å²) in [5, 5.41) is 9.51. The normalized spacial score (nSPS) is 10.6. The summed E-state index contributed by atoms with van der Waals surface area (Å²) in [6.07, 6.45) is 0. The monoisotopic (exact) mass is 260 g/mol. The van der Waals surface area contributed by atoms with E-state index in [-0.39, 0.29) is 27.5 Å². The molecule has 1 N–H and O–H groups in total. The zero-order chi connectivity index (χ0) is 10.9. The Bertz CT molecular complexity index is 375. The quantitative estimate of drug-likeness (QED) is 0.830. The molecule has 4 heteroatoms. The second kappa shape index (κ2) is 4.09. The number of phenolic OH excluding ortho intramolecular Hbond substituents is 1. The summed E-state index contributed by atoms with van der Waals surface area (Å²) < 4.78 is 13.1. The van der Waals surface area contributed by atoms with Crippen molar-refractivity contribution in [1.82, 2.24) is 0 Å². The van der Waals surface area contributed by atoms with Crippen molar-refractivity contribution in [3.63, 3.8) is 0 Å². The average molecular weight is 261 g/mol. The Kier molecular flexibility index (Phi) is 3.26. The number of carbonyl (C=O) groups excluding carboxylic acids is 1. The van der Waals surface area contributed by atoms with Crippen molar-refractivity contribution < 1.29 is 14.3 Å². The van der Waals surface area contributed by atoms with Crippen molar-refractivity contribution in [2.45, 2.75) is 13.8 Å². The van der Waals surface area contributed by atoms with E-state index in [1.165, 1.54) is 0 Å². The lowest BCUT2D eigenvalue weighted by molar-refractivity contribution is 0.0936. The lowest BCUT2D eigenvalue weighted by atomic mass is 10.0. The van der Waals surface area contributed by atoms with Gasteiger partial charge in [-0.05, 0) is 28.1 Å². The van der Waals surface area contributed by atoms with E-state index in [2.05, 4.69) is 15.9 Å². The largest absolute Gasteiger partial charge is 0.506 e. The number of carbonyl (C=O) groups is 1. The van der Waals surface area contributed by atoms with Gasteiger partial charge in [0.2, 0.25) is 0 Å². The zero-order valence-electron chi connectivity index (χ0n) is 7.84. The second-order valence-corrected chi connectivity index (χ2v) is 4.16. The third kappa shape index (κ3) is 2.12. The maximum Gasteiger partial charge on any atom is 0.169 e. The number of benzene rings is 1. The second-order valence-electron chi connectivity index (χ2n) is 3.30. The molecule has 0 aliphatic rings. The van der Waals surface area contributed by atoms with Crippen molar-refractivity contribution in [3.8, 4) is 5.75 Å². The first-order chi connectivity index (χ1) is 6.43. The fraction of sp³-hybridized carbons (Fsp3) is 0.300. The number of hydrogen-bond acceptors (Lipinski definition) is 2. The van der Waals surface area contributed by atoms with Gasteiger partial charge in [0.1, 0.15) is 11.6 Å². The third-order valence-corrected chi connectivity index (χ3v) is 2.42. The smallest absolute Gasteiger partial charge is 0.169 e. The van der Waals surface area contributed by atoms with Crippen LogP contribution in [0.4, 0.5) is 4.39 Å². The van der Waals surface area contributed by atoms with E-state index >= 15 is 0 Å². The molecule has 76 valence electrons. The highest BCUT2D eigenvalue weighted by molar-refractivity contribution is 9.10. The summed E-state index contributed by atoms with van der Waals surface area (Å²) in [4.78, 5) is 11.5. The fourth-order valence-corrected chi connectivity index (χ4v) is 1.50. The summed E-state index contributed by atoms with van der Waals surface area (Å²) in [6, 6.07) is 2.16. The number of halogens is 2. The Morgan fingerprint density at radius 3 is 2.57 bits per heavy atom. The first-order valence-corrected chi connectivity index (χ1v) is 4.95. The molecule has 2 nitrogen and oxygen atoms in total. The standard InChI is InChI=1S/C10H10BrFO2/c1-5(2)9(13)7-3-6(12)4-8(11)10(7)14/h3-5,14H,1-2H3. The SMILES string of the molecule is CC(C)C(=O)c1cc(F)cc(Br)c1O. The summed E-state index contributed by atoms with van der Waals surface area (Å²) in [6.45, 7) is 3.39. The number of aromatic hydroxyl groups is 1. The van der Waals surface area contributed by atoms with Crippen LogP contribution in [-0.4, -0.2) is 10.9 Å². The van der Waals surface area contributed by atoms with Gasteiger partial charge in [0, 0.05) is 5.92 Å². The van der Waals surface area contributed by atoms with Crippen LogP contribution >= 0.6 is 15.9 Å². The summed E-state index contributed by atoms with van der Waals surface area (Å²) >= 11 is 2.97. The Morgan fingerprint density at radius 1 is 1.50 bits per heavy atom. The Labute approximate surface area is 89.9 Å². The minimum absolute atomic E-state index is 0.0203. The number of Topliss-reactive ketones (excluding diaryl/α,β-unsaturated/α-hetero) is 1. The first-order valence-electron chi connectivity index (χ1n) is 4.15. The van der Waals surface area contributed by atoms with Crippen LogP contribution in [0.25, 0.3) is 0 Å². The van der Waals surface area contributed by atoms with Crippen molar-refractivity contribution in [1.29, 1.82) is 0 Å². The predicted molar refractivity (Wildman–Crippen MR) is 54.9 cm³/mol. The van der Waals surface area contributed by atoms with Crippen LogP contribution in [0.3, 0.4) is 0 Å². The maximum absolute atomic E-state index is 12.9. The molecule has 0 aliphatic heterocycles. The number of phenols is 1. The molecule has 0 saturated heterocycles. The molecule has 1 aromatic carbocycles. The Hall–Kier alpha value is -0.900. The molecule has 0 spiro atoms. The predicted octanol–water partition coefficient (Wildman–Crippen LogP) is 3.13. The first kappa shape index (κ1) is 11.2. The van der Waals surface area contributed by atoms with Crippen LogP contribution in [0.2, 0.25) is 0 Å². The van der Waals surface area contributed by atoms with Crippen molar-refractivity contribution >= 4 is 21.7 Å². The number of ketones is 1. The molecule has 1 rings (SSSR count). The van der Waals surface area contributed by atoms with E-state index in [4.69, 9.17) is 0 Å². The third-order valence-electron chi connectivity index (χ3n) is 1.82. The molecular formula is C10H10BrFO2. The lowest BCUT2D eigenvalue weighted by Crippen LogP contribution is -2.08. The van der Waals surface area contributed by atoms with Gasteiger partial charge >= 0.3 is 0 Å². The van der Waals surface area contributed by atoms with Crippen LogP contribution in [0.15, 0.2) is 16.6 Å². The van der Waals surface area contributed by atoms with E-state index in [1.54, 1.807) is 13.8 Å². The molecule has 0 saturated carbocycles. The maximum atomic E-state index is 12.9. The highest BCUT2D eigenvalue weighted by Crippen LogP contribution is 2.30. The number of hydrogen-bond donors (Lipinski definition) is 1. The molecule has 0 heterocycles. The van der Waals surface area contributed by atoms with Gasteiger partial charge in [-0.3, -0.25) is 4.79 Å². The molecule has 0 bridgehead atoms. The molecule has 0 fully saturated rings. The van der Waals surface area contributed by atoms with Gasteiger partial charge in [0.25, 0.3) is 0 Å². The van der Waals surface area contributed by atoms with Gasteiger partial charge in [-0.25, -0.2) is 4.39 Å². The minimum Gasteiger partial charge on any atom is -0.506 e. The highest BCUT2D eigenvalue weighted by Gasteiger charge is 2.17. The lowest BCUT2D eigenvalue weighted by Gasteiger charge is -2.07. The van der Waals surface area contributed by atoms with Crippen molar-refractivity contribution in [2.75, 3.05) is 0 Å². The Morgan fingerprint density at radius 2 is 2.07 bits per heavy atom.